The van der Waals surface area contributed by atoms with Crippen LogP contribution in [0.1, 0.15) is 38.6 Å². The van der Waals surface area contributed by atoms with E-state index < -0.39 is 0 Å². The van der Waals surface area contributed by atoms with E-state index in [0.29, 0.717) is 12.1 Å². The maximum Gasteiger partial charge on any atom is 0.124 e. The number of imidazole rings is 1. The number of aromatic nitrogens is 2. The van der Waals surface area contributed by atoms with Gasteiger partial charge in [0.05, 0.1) is 12.7 Å². The zero-order valence-corrected chi connectivity index (χ0v) is 8.83. The van der Waals surface area contributed by atoms with Gasteiger partial charge in [-0.2, -0.15) is 0 Å². The summed E-state index contributed by atoms with van der Waals surface area (Å²) in [5.41, 5.74) is 5.84. The quantitative estimate of drug-likeness (QED) is 0.759. The number of nitrogens with one attached hydrogen (secondary N) is 1. The number of hydrogen-bond donors (Lipinski definition) is 2. The minimum absolute atomic E-state index is 0.383. The number of hydrogen-bond acceptors (Lipinski definition) is 3. The fraction of sp³-hybridized carbons (Fsp3) is 0.700. The molecule has 0 saturated heterocycles. The highest BCUT2D eigenvalue weighted by Crippen LogP contribution is 2.20. The molecule has 1 aliphatic carbocycles. The maximum absolute atomic E-state index is 5.84. The van der Waals surface area contributed by atoms with Crippen LogP contribution in [0.25, 0.3) is 0 Å². The molecular formula is C10H18N4. The van der Waals surface area contributed by atoms with Crippen LogP contribution in [-0.2, 0) is 6.54 Å². The van der Waals surface area contributed by atoms with Crippen molar-refractivity contribution in [1.82, 2.24) is 14.9 Å². The lowest BCUT2D eigenvalue weighted by atomic mass is 10.3. The molecule has 78 valence electrons. The normalized spacial score (nSPS) is 16.5. The number of nitrogens with zero attached hydrogens (tertiary/aromatic N) is 2. The van der Waals surface area contributed by atoms with Crippen molar-refractivity contribution < 1.29 is 0 Å². The molecule has 1 heterocycles. The first-order chi connectivity index (χ1) is 6.68. The van der Waals surface area contributed by atoms with Crippen molar-refractivity contribution in [2.75, 3.05) is 5.73 Å². The van der Waals surface area contributed by atoms with Crippen molar-refractivity contribution in [2.45, 2.75) is 45.3 Å². The van der Waals surface area contributed by atoms with Crippen LogP contribution in [0, 0.1) is 0 Å². The second kappa shape index (κ2) is 3.61. The molecule has 14 heavy (non-hydrogen) atoms. The van der Waals surface area contributed by atoms with Gasteiger partial charge in [0.2, 0.25) is 0 Å². The average Bonchev–Trinajstić information content (AvgIpc) is 2.86. The van der Waals surface area contributed by atoms with E-state index in [4.69, 9.17) is 5.73 Å². The van der Waals surface area contributed by atoms with E-state index in [-0.39, 0.29) is 0 Å². The fourth-order valence-corrected chi connectivity index (χ4v) is 1.66. The molecule has 0 unspecified atom stereocenters. The summed E-state index contributed by atoms with van der Waals surface area (Å²) >= 11 is 0. The summed E-state index contributed by atoms with van der Waals surface area (Å²) in [5, 5.41) is 3.44. The van der Waals surface area contributed by atoms with Crippen molar-refractivity contribution in [2.24, 2.45) is 0 Å². The molecule has 1 fully saturated rings. The Hall–Kier alpha value is -1.03. The zero-order chi connectivity index (χ0) is 10.1. The molecule has 2 rings (SSSR count). The molecule has 1 aliphatic rings. The highest BCUT2D eigenvalue weighted by molar-refractivity contribution is 5.28. The van der Waals surface area contributed by atoms with Crippen LogP contribution in [0.3, 0.4) is 0 Å². The van der Waals surface area contributed by atoms with E-state index in [1.165, 1.54) is 12.8 Å². The van der Waals surface area contributed by atoms with Crippen molar-refractivity contribution in [3.63, 3.8) is 0 Å². The lowest BCUT2D eigenvalue weighted by Crippen LogP contribution is -2.20. The number of rotatable bonds is 4. The van der Waals surface area contributed by atoms with Crippen LogP contribution < -0.4 is 11.1 Å². The van der Waals surface area contributed by atoms with Crippen LogP contribution in [0.5, 0.6) is 0 Å². The summed E-state index contributed by atoms with van der Waals surface area (Å²) in [5.74, 6) is 1.80. The molecule has 0 atom stereocenters. The Kier molecular flexibility index (Phi) is 2.46. The molecule has 1 aromatic rings. The molecule has 1 aromatic heterocycles. The van der Waals surface area contributed by atoms with E-state index in [0.717, 1.165) is 18.2 Å². The van der Waals surface area contributed by atoms with Crippen LogP contribution in [-0.4, -0.2) is 15.6 Å². The van der Waals surface area contributed by atoms with Gasteiger partial charge < -0.3 is 15.6 Å². The first-order valence-corrected chi connectivity index (χ1v) is 5.23. The van der Waals surface area contributed by atoms with E-state index in [1.807, 2.05) is 0 Å². The number of nitrogen functional groups attached to an aromatic ring is 1. The first-order valence-electron chi connectivity index (χ1n) is 5.23. The standard InChI is InChI=1S/C10H18N4/c1-7(2)14-9(11)5-13-10(14)6-12-8-3-4-8/h5,7-8,12H,3-4,6,11H2,1-2H3. The largest absolute Gasteiger partial charge is 0.384 e. The molecular weight excluding hydrogens is 176 g/mol. The molecule has 0 spiro atoms. The first kappa shape index (κ1) is 9.52. The molecule has 0 bridgehead atoms. The Morgan fingerprint density at radius 2 is 2.36 bits per heavy atom. The second-order valence-electron chi connectivity index (χ2n) is 4.22. The van der Waals surface area contributed by atoms with Crippen LogP contribution in [0.15, 0.2) is 6.20 Å². The smallest absolute Gasteiger partial charge is 0.124 e. The lowest BCUT2D eigenvalue weighted by molar-refractivity contribution is 0.546. The van der Waals surface area contributed by atoms with Gasteiger partial charge in [-0.3, -0.25) is 0 Å². The third-order valence-corrected chi connectivity index (χ3v) is 2.54. The highest BCUT2D eigenvalue weighted by Gasteiger charge is 2.21. The van der Waals surface area contributed by atoms with Crippen LogP contribution >= 0.6 is 0 Å². The summed E-state index contributed by atoms with van der Waals surface area (Å²) < 4.78 is 2.08. The topological polar surface area (TPSA) is 55.9 Å². The van der Waals surface area contributed by atoms with Crippen molar-refractivity contribution in [3.8, 4) is 0 Å². The maximum atomic E-state index is 5.84. The highest BCUT2D eigenvalue weighted by atomic mass is 15.2. The minimum atomic E-state index is 0.383. The molecule has 3 N–H and O–H groups in total. The van der Waals surface area contributed by atoms with Gasteiger partial charge in [-0.1, -0.05) is 0 Å². The zero-order valence-electron chi connectivity index (χ0n) is 8.83. The molecule has 4 heteroatoms. The molecule has 0 aromatic carbocycles. The molecule has 0 aliphatic heterocycles. The second-order valence-corrected chi connectivity index (χ2v) is 4.22. The lowest BCUT2D eigenvalue weighted by Gasteiger charge is -2.13. The van der Waals surface area contributed by atoms with Crippen LogP contribution in [0.2, 0.25) is 0 Å². The predicted molar refractivity (Wildman–Crippen MR) is 56.9 cm³/mol. The predicted octanol–water partition coefficient (Wildman–Crippen LogP) is 1.30. The summed E-state index contributed by atoms with van der Waals surface area (Å²) in [7, 11) is 0. The van der Waals surface area contributed by atoms with Gasteiger partial charge in [0.1, 0.15) is 11.6 Å². The van der Waals surface area contributed by atoms with E-state index in [1.54, 1.807) is 6.20 Å². The van der Waals surface area contributed by atoms with Gasteiger partial charge >= 0.3 is 0 Å². The molecule has 0 radical (unpaired) electrons. The van der Waals surface area contributed by atoms with Gasteiger partial charge in [0.15, 0.2) is 0 Å². The Labute approximate surface area is 84.5 Å². The Morgan fingerprint density at radius 1 is 1.64 bits per heavy atom. The molecule has 4 nitrogen and oxygen atoms in total. The van der Waals surface area contributed by atoms with Crippen molar-refractivity contribution >= 4 is 5.82 Å². The van der Waals surface area contributed by atoms with Gasteiger partial charge in [-0.05, 0) is 26.7 Å². The summed E-state index contributed by atoms with van der Waals surface area (Å²) in [4.78, 5) is 4.31. The molecule has 0 amide bonds. The van der Waals surface area contributed by atoms with E-state index >= 15 is 0 Å². The average molecular weight is 194 g/mol. The van der Waals surface area contributed by atoms with Gasteiger partial charge in [-0.15, -0.1) is 0 Å². The SMILES string of the molecule is CC(C)n1c(N)cnc1CNC1CC1. The summed E-state index contributed by atoms with van der Waals surface area (Å²) in [6.45, 7) is 5.08. The van der Waals surface area contributed by atoms with Crippen LogP contribution in [0.4, 0.5) is 5.82 Å². The van der Waals surface area contributed by atoms with E-state index in [2.05, 4.69) is 28.7 Å². The van der Waals surface area contributed by atoms with Gasteiger partial charge in [0, 0.05) is 12.1 Å². The third-order valence-electron chi connectivity index (χ3n) is 2.54. The summed E-state index contributed by atoms with van der Waals surface area (Å²) in [6, 6.07) is 1.10. The minimum Gasteiger partial charge on any atom is -0.384 e. The fourth-order valence-electron chi connectivity index (χ4n) is 1.66. The van der Waals surface area contributed by atoms with Gasteiger partial charge in [0.25, 0.3) is 0 Å². The molecule has 1 saturated carbocycles. The third kappa shape index (κ3) is 1.90. The summed E-state index contributed by atoms with van der Waals surface area (Å²) in [6.07, 6.45) is 4.35. The van der Waals surface area contributed by atoms with E-state index in [9.17, 15) is 0 Å². The number of anilines is 1. The van der Waals surface area contributed by atoms with Gasteiger partial charge in [-0.25, -0.2) is 4.98 Å². The van der Waals surface area contributed by atoms with Crippen molar-refractivity contribution in [3.05, 3.63) is 12.0 Å². The monoisotopic (exact) mass is 194 g/mol. The Bertz CT molecular complexity index is 312. The number of nitrogens with two attached hydrogens (primary N) is 1. The Morgan fingerprint density at radius 3 is 2.93 bits per heavy atom. The van der Waals surface area contributed by atoms with Crippen molar-refractivity contribution in [1.29, 1.82) is 0 Å². The Balaban J connectivity index is 2.06.